The van der Waals surface area contributed by atoms with Gasteiger partial charge in [0.1, 0.15) is 23.7 Å². The Morgan fingerprint density at radius 3 is 2.62 bits per heavy atom. The van der Waals surface area contributed by atoms with Crippen LogP contribution < -0.4 is 5.32 Å². The number of hydrogen-bond acceptors (Lipinski definition) is 4. The molecule has 2 heterocycles. The number of carbonyl (C=O) groups excluding carboxylic acids is 1. The summed E-state index contributed by atoms with van der Waals surface area (Å²) >= 11 is 0. The van der Waals surface area contributed by atoms with Crippen LogP contribution in [0.4, 0.5) is 0 Å². The van der Waals surface area contributed by atoms with E-state index >= 15 is 0 Å². The number of benzene rings is 2. The molecule has 0 unspecified atom stereocenters. The molecule has 1 atom stereocenters. The molecule has 24 heavy (non-hydrogen) atoms. The first kappa shape index (κ1) is 14.8. The van der Waals surface area contributed by atoms with Gasteiger partial charge in [0.05, 0.1) is 6.61 Å². The number of amides is 1. The highest BCUT2D eigenvalue weighted by Crippen LogP contribution is 2.26. The number of fused-ring (bicyclic) bond motifs is 2. The maximum atomic E-state index is 12.2. The smallest absolute Gasteiger partial charge is 0.243 e. The van der Waals surface area contributed by atoms with Gasteiger partial charge in [-0.3, -0.25) is 4.79 Å². The van der Waals surface area contributed by atoms with E-state index in [0.717, 1.165) is 23.0 Å². The molecule has 122 valence electrons. The Bertz CT molecular complexity index is 841. The fourth-order valence-electron chi connectivity index (χ4n) is 3.01. The van der Waals surface area contributed by atoms with Gasteiger partial charge in [0.15, 0.2) is 0 Å². The van der Waals surface area contributed by atoms with Crippen LogP contribution in [-0.2, 0) is 22.5 Å². The van der Waals surface area contributed by atoms with Crippen LogP contribution in [0.15, 0.2) is 48.5 Å². The molecule has 0 fully saturated rings. The zero-order chi connectivity index (χ0) is 16.4. The average Bonchev–Trinajstić information content (AvgIpc) is 3.02. The van der Waals surface area contributed by atoms with Crippen LogP contribution in [0.5, 0.6) is 0 Å². The zero-order valence-electron chi connectivity index (χ0n) is 13.2. The molecule has 0 radical (unpaired) electrons. The molecule has 1 aromatic heterocycles. The van der Waals surface area contributed by atoms with Gasteiger partial charge in [-0.25, -0.2) is 0 Å². The summed E-state index contributed by atoms with van der Waals surface area (Å²) in [4.78, 5) is 13.6. The number of nitrogens with one attached hydrogen (secondary N) is 1. The third-order valence-electron chi connectivity index (χ3n) is 4.19. The fraction of sp³-hybridized carbons (Fsp3) is 0.278. The van der Waals surface area contributed by atoms with Gasteiger partial charge in [-0.15, -0.1) is 0 Å². The molecule has 1 aliphatic rings. The lowest BCUT2D eigenvalue weighted by atomic mass is 9.97. The van der Waals surface area contributed by atoms with E-state index in [4.69, 9.17) is 4.74 Å². The fourth-order valence-corrected chi connectivity index (χ4v) is 3.01. The van der Waals surface area contributed by atoms with Gasteiger partial charge in [0.25, 0.3) is 0 Å². The second-order valence-corrected chi connectivity index (χ2v) is 5.83. The van der Waals surface area contributed by atoms with Crippen LogP contribution >= 0.6 is 0 Å². The summed E-state index contributed by atoms with van der Waals surface area (Å²) in [6, 6.07) is 15.8. The number of ether oxygens (including phenoxy) is 1. The molecule has 6 heteroatoms. The van der Waals surface area contributed by atoms with Crippen LogP contribution in [0.1, 0.15) is 17.2 Å². The zero-order valence-corrected chi connectivity index (χ0v) is 13.2. The molecule has 0 saturated carbocycles. The van der Waals surface area contributed by atoms with Crippen molar-refractivity contribution >= 4 is 16.9 Å². The van der Waals surface area contributed by atoms with Gasteiger partial charge in [-0.05, 0) is 29.7 Å². The quantitative estimate of drug-likeness (QED) is 0.796. The highest BCUT2D eigenvalue weighted by atomic mass is 16.5. The van der Waals surface area contributed by atoms with Crippen molar-refractivity contribution in [1.29, 1.82) is 0 Å². The van der Waals surface area contributed by atoms with Crippen molar-refractivity contribution in [3.63, 3.8) is 0 Å². The van der Waals surface area contributed by atoms with Gasteiger partial charge >= 0.3 is 0 Å². The Kier molecular flexibility index (Phi) is 3.96. The summed E-state index contributed by atoms with van der Waals surface area (Å²) in [5, 5.41) is 11.5. The van der Waals surface area contributed by atoms with E-state index in [0.29, 0.717) is 13.2 Å². The highest BCUT2D eigenvalue weighted by Gasteiger charge is 2.21. The highest BCUT2D eigenvalue weighted by molar-refractivity contribution is 5.77. The van der Waals surface area contributed by atoms with E-state index in [1.54, 1.807) is 0 Å². The van der Waals surface area contributed by atoms with E-state index in [-0.39, 0.29) is 18.6 Å². The standard InChI is InChI=1S/C18H18N4O2/c23-18(12-22-20-15-7-3-4-8-16(15)21-22)19-11-17-14-6-2-1-5-13(14)9-10-24-17/h1-8,17H,9-12H2,(H,19,23)/t17-/m1/s1. The van der Waals surface area contributed by atoms with E-state index in [1.165, 1.54) is 10.4 Å². The summed E-state index contributed by atoms with van der Waals surface area (Å²) in [5.41, 5.74) is 4.03. The minimum atomic E-state index is -0.123. The molecule has 2 aromatic carbocycles. The maximum Gasteiger partial charge on any atom is 0.243 e. The Morgan fingerprint density at radius 2 is 1.83 bits per heavy atom. The van der Waals surface area contributed by atoms with Crippen LogP contribution in [0.25, 0.3) is 11.0 Å². The average molecular weight is 322 g/mol. The van der Waals surface area contributed by atoms with Crippen molar-refractivity contribution < 1.29 is 9.53 Å². The van der Waals surface area contributed by atoms with Crippen molar-refractivity contribution in [1.82, 2.24) is 20.3 Å². The van der Waals surface area contributed by atoms with Gasteiger partial charge in [0, 0.05) is 6.54 Å². The predicted octanol–water partition coefficient (Wildman–Crippen LogP) is 1.86. The number of hydrogen-bond donors (Lipinski definition) is 1. The van der Waals surface area contributed by atoms with Crippen LogP contribution in [0, 0.1) is 0 Å². The summed E-state index contributed by atoms with van der Waals surface area (Å²) < 4.78 is 5.80. The van der Waals surface area contributed by atoms with Gasteiger partial charge in [-0.2, -0.15) is 15.0 Å². The molecule has 0 aliphatic carbocycles. The first-order valence-electron chi connectivity index (χ1n) is 8.05. The van der Waals surface area contributed by atoms with E-state index < -0.39 is 0 Å². The second kappa shape index (κ2) is 6.41. The summed E-state index contributed by atoms with van der Waals surface area (Å²) in [6.45, 7) is 1.24. The van der Waals surface area contributed by atoms with Crippen LogP contribution in [0.3, 0.4) is 0 Å². The Balaban J connectivity index is 1.39. The normalized spacial score (nSPS) is 16.8. The SMILES string of the molecule is O=C(Cn1nc2ccccc2n1)NC[C@H]1OCCc2ccccc21. The summed E-state index contributed by atoms with van der Waals surface area (Å²) in [6.07, 6.45) is 0.827. The third kappa shape index (κ3) is 3.00. The second-order valence-electron chi connectivity index (χ2n) is 5.83. The Hall–Kier alpha value is -2.73. The number of aromatic nitrogens is 3. The molecule has 1 N–H and O–H groups in total. The first-order chi connectivity index (χ1) is 11.8. The van der Waals surface area contributed by atoms with Gasteiger partial charge < -0.3 is 10.1 Å². The monoisotopic (exact) mass is 322 g/mol. The molecule has 6 nitrogen and oxygen atoms in total. The number of nitrogens with zero attached hydrogens (tertiary/aromatic N) is 3. The molecule has 4 rings (SSSR count). The van der Waals surface area contributed by atoms with E-state index in [1.807, 2.05) is 36.4 Å². The van der Waals surface area contributed by atoms with Crippen molar-refractivity contribution in [3.05, 3.63) is 59.7 Å². The van der Waals surface area contributed by atoms with Gasteiger partial charge in [-0.1, -0.05) is 36.4 Å². The molecule has 1 aliphatic heterocycles. The minimum absolute atomic E-state index is 0.0939. The third-order valence-corrected chi connectivity index (χ3v) is 4.19. The molecular weight excluding hydrogens is 304 g/mol. The lowest BCUT2D eigenvalue weighted by molar-refractivity contribution is -0.122. The van der Waals surface area contributed by atoms with E-state index in [2.05, 4.69) is 27.6 Å². The predicted molar refractivity (Wildman–Crippen MR) is 89.4 cm³/mol. The lowest BCUT2D eigenvalue weighted by Gasteiger charge is -2.26. The van der Waals surface area contributed by atoms with Crippen molar-refractivity contribution in [3.8, 4) is 0 Å². The first-order valence-corrected chi connectivity index (χ1v) is 8.05. The maximum absolute atomic E-state index is 12.2. The van der Waals surface area contributed by atoms with E-state index in [9.17, 15) is 4.79 Å². The van der Waals surface area contributed by atoms with Crippen molar-refractivity contribution in [2.24, 2.45) is 0 Å². The topological polar surface area (TPSA) is 69.0 Å². The Morgan fingerprint density at radius 1 is 1.12 bits per heavy atom. The molecule has 0 bridgehead atoms. The minimum Gasteiger partial charge on any atom is -0.371 e. The number of rotatable bonds is 4. The summed E-state index contributed by atoms with van der Waals surface area (Å²) in [7, 11) is 0. The van der Waals surface area contributed by atoms with Crippen LogP contribution in [-0.4, -0.2) is 34.1 Å². The lowest BCUT2D eigenvalue weighted by Crippen LogP contribution is -2.34. The molecule has 0 saturated heterocycles. The van der Waals surface area contributed by atoms with Gasteiger partial charge in [0.2, 0.25) is 5.91 Å². The number of carbonyl (C=O) groups is 1. The Labute approximate surface area is 139 Å². The van der Waals surface area contributed by atoms with Crippen molar-refractivity contribution in [2.75, 3.05) is 13.2 Å². The molecule has 3 aromatic rings. The largest absolute Gasteiger partial charge is 0.371 e. The van der Waals surface area contributed by atoms with Crippen LogP contribution in [0.2, 0.25) is 0 Å². The molecular formula is C18H18N4O2. The van der Waals surface area contributed by atoms with Crippen molar-refractivity contribution in [2.45, 2.75) is 19.1 Å². The molecule has 0 spiro atoms. The summed E-state index contributed by atoms with van der Waals surface area (Å²) in [5.74, 6) is -0.123. The molecule has 1 amide bonds.